The molecule has 1 heterocycles. The van der Waals surface area contributed by atoms with Gasteiger partial charge < -0.3 is 5.73 Å². The molecule has 18 heavy (non-hydrogen) atoms. The fourth-order valence-corrected chi connectivity index (χ4v) is 2.01. The molecule has 2 rings (SSSR count). The molecule has 0 bridgehead atoms. The van der Waals surface area contributed by atoms with Crippen molar-refractivity contribution in [2.24, 2.45) is 5.73 Å². The molecule has 0 aliphatic heterocycles. The highest BCUT2D eigenvalue weighted by Crippen LogP contribution is 2.17. The normalized spacial score (nSPS) is 12.7. The largest absolute Gasteiger partial charge is 0.322 e. The zero-order valence-corrected chi connectivity index (χ0v) is 10.1. The molecule has 0 saturated heterocycles. The van der Waals surface area contributed by atoms with Crippen LogP contribution < -0.4 is 5.73 Å². The first-order valence-electron chi connectivity index (χ1n) is 5.82. The summed E-state index contributed by atoms with van der Waals surface area (Å²) in [5.41, 5.74) is 7.45. The number of rotatable bonds is 4. The minimum atomic E-state index is -0.582. The van der Waals surface area contributed by atoms with E-state index in [1.807, 2.05) is 13.0 Å². The highest BCUT2D eigenvalue weighted by Gasteiger charge is 2.12. The van der Waals surface area contributed by atoms with Gasteiger partial charge in [-0.15, -0.1) is 0 Å². The topological polar surface area (TPSA) is 43.8 Å². The molecule has 1 unspecified atom stereocenters. The van der Waals surface area contributed by atoms with E-state index in [2.05, 4.69) is 5.10 Å². The van der Waals surface area contributed by atoms with Gasteiger partial charge in [0.1, 0.15) is 11.6 Å². The zero-order chi connectivity index (χ0) is 13.1. The Bertz CT molecular complexity index is 517. The van der Waals surface area contributed by atoms with Gasteiger partial charge in [-0.05, 0) is 37.1 Å². The molecule has 0 radical (unpaired) electrons. The van der Waals surface area contributed by atoms with Gasteiger partial charge in [0.2, 0.25) is 0 Å². The number of nitrogens with two attached hydrogens (primary N) is 1. The Hall–Kier alpha value is -1.75. The van der Waals surface area contributed by atoms with E-state index in [1.165, 1.54) is 12.1 Å². The van der Waals surface area contributed by atoms with E-state index < -0.39 is 11.6 Å². The van der Waals surface area contributed by atoms with Crippen molar-refractivity contribution in [3.8, 4) is 0 Å². The minimum Gasteiger partial charge on any atom is -0.322 e. The summed E-state index contributed by atoms with van der Waals surface area (Å²) in [5, 5.41) is 4.12. The Morgan fingerprint density at radius 2 is 1.94 bits per heavy atom. The van der Waals surface area contributed by atoms with Crippen LogP contribution in [0.15, 0.2) is 30.5 Å². The van der Waals surface area contributed by atoms with Crippen molar-refractivity contribution >= 4 is 0 Å². The van der Waals surface area contributed by atoms with Crippen LogP contribution in [0.25, 0.3) is 0 Å². The second kappa shape index (κ2) is 5.27. The molecule has 0 spiro atoms. The molecule has 1 aromatic heterocycles. The van der Waals surface area contributed by atoms with Gasteiger partial charge in [-0.25, -0.2) is 8.78 Å². The molecule has 2 aromatic rings. The predicted octanol–water partition coefficient (Wildman–Crippen LogP) is 2.42. The van der Waals surface area contributed by atoms with E-state index in [-0.39, 0.29) is 6.04 Å². The summed E-state index contributed by atoms with van der Waals surface area (Å²) in [5.74, 6) is -1.16. The van der Waals surface area contributed by atoms with Crippen molar-refractivity contribution < 1.29 is 8.78 Å². The second-order valence-electron chi connectivity index (χ2n) is 4.16. The molecular weight excluding hydrogens is 236 g/mol. The van der Waals surface area contributed by atoms with E-state index in [0.717, 1.165) is 11.8 Å². The number of hydrogen-bond acceptors (Lipinski definition) is 2. The maximum Gasteiger partial charge on any atom is 0.126 e. The lowest BCUT2D eigenvalue weighted by Crippen LogP contribution is -2.18. The molecule has 0 amide bonds. The molecule has 3 nitrogen and oxygen atoms in total. The summed E-state index contributed by atoms with van der Waals surface area (Å²) in [6.07, 6.45) is 2.05. The van der Waals surface area contributed by atoms with Gasteiger partial charge >= 0.3 is 0 Å². The van der Waals surface area contributed by atoms with Gasteiger partial charge in [0.15, 0.2) is 0 Å². The van der Waals surface area contributed by atoms with Crippen molar-refractivity contribution in [2.45, 2.75) is 25.9 Å². The van der Waals surface area contributed by atoms with Crippen LogP contribution in [0.5, 0.6) is 0 Å². The maximum atomic E-state index is 13.1. The van der Waals surface area contributed by atoms with Gasteiger partial charge in [0.25, 0.3) is 0 Å². The Labute approximate surface area is 104 Å². The summed E-state index contributed by atoms with van der Waals surface area (Å²) < 4.78 is 27.9. The molecule has 0 saturated carbocycles. The lowest BCUT2D eigenvalue weighted by atomic mass is 10.0. The van der Waals surface area contributed by atoms with Gasteiger partial charge in [-0.2, -0.15) is 5.10 Å². The monoisotopic (exact) mass is 251 g/mol. The molecule has 0 aliphatic carbocycles. The summed E-state index contributed by atoms with van der Waals surface area (Å²) >= 11 is 0. The van der Waals surface area contributed by atoms with Crippen LogP contribution >= 0.6 is 0 Å². The van der Waals surface area contributed by atoms with Crippen LogP contribution in [0.4, 0.5) is 8.78 Å². The summed E-state index contributed by atoms with van der Waals surface area (Å²) in [4.78, 5) is 0. The number of nitrogens with zero attached hydrogens (tertiary/aromatic N) is 2. The van der Waals surface area contributed by atoms with Gasteiger partial charge in [-0.3, -0.25) is 4.68 Å². The van der Waals surface area contributed by atoms with E-state index in [0.29, 0.717) is 18.5 Å². The fourth-order valence-electron chi connectivity index (χ4n) is 2.01. The van der Waals surface area contributed by atoms with Crippen LogP contribution in [0, 0.1) is 11.6 Å². The molecule has 0 aliphatic rings. The first-order valence-corrected chi connectivity index (χ1v) is 5.82. The first kappa shape index (κ1) is 12.7. The van der Waals surface area contributed by atoms with Crippen molar-refractivity contribution in [3.63, 3.8) is 0 Å². The third-order valence-electron chi connectivity index (χ3n) is 2.81. The maximum absolute atomic E-state index is 13.1. The average molecular weight is 251 g/mol. The number of benzene rings is 1. The smallest absolute Gasteiger partial charge is 0.126 e. The fraction of sp³-hybridized carbons (Fsp3) is 0.308. The highest BCUT2D eigenvalue weighted by atomic mass is 19.1. The molecule has 1 atom stereocenters. The molecule has 96 valence electrons. The SMILES string of the molecule is CCn1nccc1C(N)Cc1cc(F)cc(F)c1. The van der Waals surface area contributed by atoms with Crippen LogP contribution in [0.3, 0.4) is 0 Å². The third-order valence-corrected chi connectivity index (χ3v) is 2.81. The van der Waals surface area contributed by atoms with Crippen LogP contribution in [0.1, 0.15) is 24.2 Å². The quantitative estimate of drug-likeness (QED) is 0.907. The third kappa shape index (κ3) is 2.73. The lowest BCUT2D eigenvalue weighted by molar-refractivity contribution is 0.557. The van der Waals surface area contributed by atoms with Crippen LogP contribution in [-0.4, -0.2) is 9.78 Å². The van der Waals surface area contributed by atoms with Crippen molar-refractivity contribution in [1.82, 2.24) is 9.78 Å². The van der Waals surface area contributed by atoms with Crippen molar-refractivity contribution in [1.29, 1.82) is 0 Å². The van der Waals surface area contributed by atoms with E-state index in [9.17, 15) is 8.78 Å². The van der Waals surface area contributed by atoms with Crippen LogP contribution in [-0.2, 0) is 13.0 Å². The average Bonchev–Trinajstić information content (AvgIpc) is 2.75. The van der Waals surface area contributed by atoms with Gasteiger partial charge in [0.05, 0.1) is 11.7 Å². The minimum absolute atomic E-state index is 0.325. The standard InChI is InChI=1S/C13H15F2N3/c1-2-18-13(3-4-17-18)12(16)7-9-5-10(14)8-11(15)6-9/h3-6,8,12H,2,7,16H2,1H3. The number of hydrogen-bond donors (Lipinski definition) is 1. The molecule has 2 N–H and O–H groups in total. The molecule has 5 heteroatoms. The van der Waals surface area contributed by atoms with Crippen molar-refractivity contribution in [3.05, 3.63) is 53.4 Å². The molecule has 1 aromatic carbocycles. The highest BCUT2D eigenvalue weighted by molar-refractivity contribution is 5.21. The van der Waals surface area contributed by atoms with E-state index in [1.54, 1.807) is 10.9 Å². The Morgan fingerprint density at radius 3 is 2.56 bits per heavy atom. The second-order valence-corrected chi connectivity index (χ2v) is 4.16. The zero-order valence-electron chi connectivity index (χ0n) is 10.1. The Kier molecular flexibility index (Phi) is 3.72. The van der Waals surface area contributed by atoms with E-state index in [4.69, 9.17) is 5.73 Å². The predicted molar refractivity (Wildman–Crippen MR) is 64.9 cm³/mol. The van der Waals surface area contributed by atoms with Gasteiger partial charge in [-0.1, -0.05) is 0 Å². The number of aryl methyl sites for hydroxylation is 1. The number of halogens is 2. The van der Waals surface area contributed by atoms with Gasteiger partial charge in [0, 0.05) is 18.8 Å². The molecular formula is C13H15F2N3. The summed E-state index contributed by atoms with van der Waals surface area (Å²) in [7, 11) is 0. The first-order chi connectivity index (χ1) is 8.60. The Balaban J connectivity index is 2.18. The van der Waals surface area contributed by atoms with Crippen molar-refractivity contribution in [2.75, 3.05) is 0 Å². The lowest BCUT2D eigenvalue weighted by Gasteiger charge is -2.13. The summed E-state index contributed by atoms with van der Waals surface area (Å²) in [6.45, 7) is 2.68. The van der Waals surface area contributed by atoms with Crippen LogP contribution in [0.2, 0.25) is 0 Å². The Morgan fingerprint density at radius 1 is 1.28 bits per heavy atom. The molecule has 0 fully saturated rings. The number of aromatic nitrogens is 2. The van der Waals surface area contributed by atoms with E-state index >= 15 is 0 Å². The summed E-state index contributed by atoms with van der Waals surface area (Å²) in [6, 6.07) is 4.95.